The van der Waals surface area contributed by atoms with Gasteiger partial charge in [-0.15, -0.1) is 0 Å². The van der Waals surface area contributed by atoms with Crippen molar-refractivity contribution in [2.75, 3.05) is 19.6 Å². The number of hydrogen-bond donors (Lipinski definition) is 1. The molecule has 4 fully saturated rings. The third kappa shape index (κ3) is 3.36. The molecule has 154 valence electrons. The minimum Gasteiger partial charge on any atom is -0.340 e. The van der Waals surface area contributed by atoms with E-state index in [2.05, 4.69) is 4.98 Å². The lowest BCUT2D eigenvalue weighted by Crippen LogP contribution is -2.48. The Morgan fingerprint density at radius 3 is 2.66 bits per heavy atom. The number of carbonyl (C=O) groups is 2. The van der Waals surface area contributed by atoms with E-state index >= 15 is 0 Å². The molecule has 7 nitrogen and oxygen atoms in total. The number of imidazole rings is 1. The number of amides is 2. The highest BCUT2D eigenvalue weighted by Crippen LogP contribution is 2.33. The number of hydrogen-bond acceptors (Lipinski definition) is 3. The number of nitrogens with zero attached hydrogens (tertiary/aromatic N) is 3. The lowest BCUT2D eigenvalue weighted by Gasteiger charge is -2.36. The zero-order valence-electron chi connectivity index (χ0n) is 16.7. The van der Waals surface area contributed by atoms with Crippen molar-refractivity contribution < 1.29 is 9.59 Å². The van der Waals surface area contributed by atoms with Crippen LogP contribution in [0.4, 0.5) is 0 Å². The minimum absolute atomic E-state index is 0.0924. The number of aromatic amines is 1. The molecule has 29 heavy (non-hydrogen) atoms. The molecule has 1 aromatic carbocycles. The van der Waals surface area contributed by atoms with Gasteiger partial charge in [0.1, 0.15) is 0 Å². The Labute approximate surface area is 169 Å². The van der Waals surface area contributed by atoms with Crippen LogP contribution in [0.5, 0.6) is 0 Å². The van der Waals surface area contributed by atoms with Gasteiger partial charge in [0, 0.05) is 44.6 Å². The number of para-hydroxylation sites is 2. The Hall–Kier alpha value is -2.57. The average molecular weight is 396 g/mol. The quantitative estimate of drug-likeness (QED) is 0.858. The van der Waals surface area contributed by atoms with Gasteiger partial charge in [0.15, 0.2) is 0 Å². The van der Waals surface area contributed by atoms with Crippen LogP contribution in [-0.4, -0.2) is 56.8 Å². The SMILES string of the molecule is O=C(C1CCC1)N1C[C@@H]2CC[C@H](C1)N(C(=O)CCn1c(=O)[nH]c3ccccc31)C2. The lowest BCUT2D eigenvalue weighted by molar-refractivity contribution is -0.140. The summed E-state index contributed by atoms with van der Waals surface area (Å²) in [4.78, 5) is 44.9. The molecule has 0 unspecified atom stereocenters. The number of rotatable bonds is 4. The number of carbonyl (C=O) groups excluding carboxylic acids is 2. The maximum Gasteiger partial charge on any atom is 0.326 e. The molecule has 3 aliphatic heterocycles. The van der Waals surface area contributed by atoms with Crippen molar-refractivity contribution in [1.29, 1.82) is 0 Å². The Morgan fingerprint density at radius 1 is 1.03 bits per heavy atom. The fraction of sp³-hybridized carbons (Fsp3) is 0.591. The van der Waals surface area contributed by atoms with Gasteiger partial charge >= 0.3 is 5.69 Å². The molecule has 1 saturated carbocycles. The fourth-order valence-corrected chi connectivity index (χ4v) is 5.16. The van der Waals surface area contributed by atoms with Crippen LogP contribution in [0.2, 0.25) is 0 Å². The Balaban J connectivity index is 1.27. The van der Waals surface area contributed by atoms with Gasteiger partial charge in [-0.1, -0.05) is 18.6 Å². The number of aromatic nitrogens is 2. The van der Waals surface area contributed by atoms with Crippen molar-refractivity contribution >= 4 is 22.8 Å². The summed E-state index contributed by atoms with van der Waals surface area (Å²) >= 11 is 0. The number of aryl methyl sites for hydroxylation is 1. The van der Waals surface area contributed by atoms with Gasteiger partial charge < -0.3 is 14.8 Å². The first-order valence-corrected chi connectivity index (χ1v) is 10.9. The molecular formula is C22H28N4O3. The van der Waals surface area contributed by atoms with Crippen molar-refractivity contribution in [3.8, 4) is 0 Å². The second kappa shape index (κ2) is 7.35. The molecule has 0 spiro atoms. The Kier molecular flexibility index (Phi) is 4.68. The predicted molar refractivity (Wildman–Crippen MR) is 109 cm³/mol. The van der Waals surface area contributed by atoms with E-state index in [1.165, 1.54) is 0 Å². The highest BCUT2D eigenvalue weighted by atomic mass is 16.2. The highest BCUT2D eigenvalue weighted by molar-refractivity contribution is 5.81. The van der Waals surface area contributed by atoms with E-state index in [9.17, 15) is 14.4 Å². The molecule has 1 aliphatic carbocycles. The van der Waals surface area contributed by atoms with Crippen LogP contribution in [0.25, 0.3) is 11.0 Å². The van der Waals surface area contributed by atoms with Crippen LogP contribution < -0.4 is 5.69 Å². The molecular weight excluding hydrogens is 368 g/mol. The normalized spacial score (nSPS) is 24.6. The van der Waals surface area contributed by atoms with Gasteiger partial charge in [0.25, 0.3) is 0 Å². The monoisotopic (exact) mass is 396 g/mol. The van der Waals surface area contributed by atoms with Crippen LogP contribution in [0, 0.1) is 11.8 Å². The van der Waals surface area contributed by atoms with Crippen molar-refractivity contribution in [1.82, 2.24) is 19.4 Å². The molecule has 2 bridgehead atoms. The highest BCUT2D eigenvalue weighted by Gasteiger charge is 2.40. The summed E-state index contributed by atoms with van der Waals surface area (Å²) in [5, 5.41) is 0. The summed E-state index contributed by atoms with van der Waals surface area (Å²) in [5.41, 5.74) is 1.46. The van der Waals surface area contributed by atoms with Crippen molar-refractivity contribution in [3.63, 3.8) is 0 Å². The first-order valence-electron chi connectivity index (χ1n) is 10.9. The molecule has 4 aliphatic rings. The van der Waals surface area contributed by atoms with Gasteiger partial charge in [0.2, 0.25) is 11.8 Å². The number of fused-ring (bicyclic) bond motifs is 5. The van der Waals surface area contributed by atoms with E-state index in [1.54, 1.807) is 4.57 Å². The molecule has 6 rings (SSSR count). The summed E-state index contributed by atoms with van der Waals surface area (Å²) in [5.74, 6) is 0.977. The summed E-state index contributed by atoms with van der Waals surface area (Å²) in [6.45, 7) is 2.57. The standard InChI is InChI=1S/C22H28N4O3/c27-20(10-11-25-19-7-2-1-6-18(19)23-22(25)29)26-13-15-8-9-17(26)14-24(12-15)21(28)16-4-3-5-16/h1-2,6-7,15-17H,3-5,8-14H2,(H,23,29)/t15-,17+/m0/s1. The lowest BCUT2D eigenvalue weighted by atomic mass is 9.84. The van der Waals surface area contributed by atoms with E-state index in [0.29, 0.717) is 31.3 Å². The molecule has 2 atom stereocenters. The van der Waals surface area contributed by atoms with E-state index < -0.39 is 0 Å². The first-order chi connectivity index (χ1) is 14.1. The predicted octanol–water partition coefficient (Wildman–Crippen LogP) is 1.97. The summed E-state index contributed by atoms with van der Waals surface area (Å²) in [7, 11) is 0. The number of piperidine rings is 1. The minimum atomic E-state index is -0.173. The topological polar surface area (TPSA) is 78.4 Å². The third-order valence-electron chi connectivity index (χ3n) is 7.03. The number of nitrogens with one attached hydrogen (secondary N) is 1. The summed E-state index contributed by atoms with van der Waals surface area (Å²) in [6, 6.07) is 7.67. The van der Waals surface area contributed by atoms with Crippen molar-refractivity contribution in [2.45, 2.75) is 51.1 Å². The zero-order chi connectivity index (χ0) is 20.0. The maximum absolute atomic E-state index is 13.1. The molecule has 1 aromatic heterocycles. The number of benzene rings is 1. The fourth-order valence-electron chi connectivity index (χ4n) is 5.16. The van der Waals surface area contributed by atoms with Crippen molar-refractivity contribution in [3.05, 3.63) is 34.7 Å². The summed E-state index contributed by atoms with van der Waals surface area (Å²) < 4.78 is 1.65. The Bertz CT molecular complexity index is 989. The molecule has 4 heterocycles. The molecule has 2 amide bonds. The first kappa shape index (κ1) is 18.5. The van der Waals surface area contributed by atoms with Gasteiger partial charge in [0.05, 0.1) is 11.0 Å². The number of H-pyrrole nitrogens is 1. The Morgan fingerprint density at radius 2 is 1.86 bits per heavy atom. The van der Waals surface area contributed by atoms with E-state index in [0.717, 1.165) is 56.2 Å². The molecule has 0 radical (unpaired) electrons. The summed E-state index contributed by atoms with van der Waals surface area (Å²) in [6.07, 6.45) is 5.57. The van der Waals surface area contributed by atoms with Gasteiger partial charge in [-0.2, -0.15) is 0 Å². The van der Waals surface area contributed by atoms with Crippen LogP contribution >= 0.6 is 0 Å². The largest absolute Gasteiger partial charge is 0.340 e. The van der Waals surface area contributed by atoms with E-state index in [4.69, 9.17) is 0 Å². The molecule has 1 N–H and O–H groups in total. The zero-order valence-corrected chi connectivity index (χ0v) is 16.7. The smallest absolute Gasteiger partial charge is 0.326 e. The molecule has 7 heteroatoms. The molecule has 3 saturated heterocycles. The van der Waals surface area contributed by atoms with E-state index in [-0.39, 0.29) is 23.6 Å². The van der Waals surface area contributed by atoms with Crippen LogP contribution in [-0.2, 0) is 16.1 Å². The maximum atomic E-state index is 13.1. The molecule has 2 aromatic rings. The van der Waals surface area contributed by atoms with Crippen LogP contribution in [0.3, 0.4) is 0 Å². The average Bonchev–Trinajstić information content (AvgIpc) is 2.83. The van der Waals surface area contributed by atoms with E-state index in [1.807, 2.05) is 34.1 Å². The third-order valence-corrected chi connectivity index (χ3v) is 7.03. The van der Waals surface area contributed by atoms with Gasteiger partial charge in [-0.3, -0.25) is 14.2 Å². The van der Waals surface area contributed by atoms with Crippen LogP contribution in [0.1, 0.15) is 38.5 Å². The van der Waals surface area contributed by atoms with Crippen LogP contribution in [0.15, 0.2) is 29.1 Å². The second-order valence-electron chi connectivity index (χ2n) is 8.86. The second-order valence-corrected chi connectivity index (χ2v) is 8.86. The van der Waals surface area contributed by atoms with Crippen molar-refractivity contribution in [2.24, 2.45) is 11.8 Å². The van der Waals surface area contributed by atoms with Gasteiger partial charge in [-0.05, 0) is 43.7 Å². The van der Waals surface area contributed by atoms with Gasteiger partial charge in [-0.25, -0.2) is 4.79 Å².